The minimum Gasteiger partial charge on any atom is -0.492 e. The first-order chi connectivity index (χ1) is 14.2. The molecule has 1 aromatic carbocycles. The molecule has 2 amide bonds. The van der Waals surface area contributed by atoms with Crippen molar-refractivity contribution in [1.29, 1.82) is 0 Å². The van der Waals surface area contributed by atoms with Crippen LogP contribution in [0.1, 0.15) is 69.2 Å². The highest BCUT2D eigenvalue weighted by Gasteiger charge is 2.34. The number of likely N-dealkylation sites (N-methyl/N-ethyl adjacent to an activating group) is 1. The van der Waals surface area contributed by atoms with Crippen molar-refractivity contribution in [2.75, 3.05) is 34.0 Å². The van der Waals surface area contributed by atoms with Crippen molar-refractivity contribution in [3.8, 4) is 17.2 Å². The monoisotopic (exact) mass is 405 g/mol. The number of carbonyl (C=O) groups is 1. The molecule has 1 atom stereocenters. The van der Waals surface area contributed by atoms with Crippen LogP contribution < -0.4 is 24.8 Å². The van der Waals surface area contributed by atoms with E-state index < -0.39 is 0 Å². The Kier molecular flexibility index (Phi) is 7.86. The molecule has 3 rings (SSSR count). The molecule has 0 aromatic heterocycles. The number of hydrogen-bond acceptors (Lipinski definition) is 5. The summed E-state index contributed by atoms with van der Waals surface area (Å²) >= 11 is 0. The van der Waals surface area contributed by atoms with Gasteiger partial charge in [0.2, 0.25) is 12.5 Å². The highest BCUT2D eigenvalue weighted by atomic mass is 16.7. The van der Waals surface area contributed by atoms with E-state index in [1.54, 1.807) is 7.11 Å². The highest BCUT2D eigenvalue weighted by molar-refractivity contribution is 5.75. The van der Waals surface area contributed by atoms with Gasteiger partial charge in [-0.15, -0.1) is 0 Å². The Morgan fingerprint density at radius 3 is 2.72 bits per heavy atom. The number of unbranched alkanes of at least 4 members (excludes halogenated alkanes) is 6. The molecule has 1 aromatic rings. The summed E-state index contributed by atoms with van der Waals surface area (Å²) in [4.78, 5) is 14.7. The molecule has 7 nitrogen and oxygen atoms in total. The standard InChI is InChI=1S/C22H35N3O4/c1-4-5-6-7-8-9-10-12-23-22(26)24-21-18-16(11-13-25(21)2)14-17-19(20(18)27-3)29-15-28-17/h14,21H,4-13,15H2,1-3H3,(H2,23,24,26)/t21-/m0/s1. The Labute approximate surface area is 174 Å². The quantitative estimate of drug-likeness (QED) is 0.577. The van der Waals surface area contributed by atoms with Crippen LogP contribution in [0.4, 0.5) is 4.79 Å². The van der Waals surface area contributed by atoms with Crippen LogP contribution in [0.3, 0.4) is 0 Å². The number of carbonyl (C=O) groups excluding carboxylic acids is 1. The molecular formula is C22H35N3O4. The lowest BCUT2D eigenvalue weighted by Crippen LogP contribution is -2.47. The van der Waals surface area contributed by atoms with Gasteiger partial charge >= 0.3 is 6.03 Å². The van der Waals surface area contributed by atoms with Crippen LogP contribution in [0.2, 0.25) is 0 Å². The van der Waals surface area contributed by atoms with E-state index in [0.29, 0.717) is 23.8 Å². The van der Waals surface area contributed by atoms with Gasteiger partial charge in [0, 0.05) is 18.7 Å². The fraction of sp³-hybridized carbons (Fsp3) is 0.682. The lowest BCUT2D eigenvalue weighted by atomic mass is 9.95. The fourth-order valence-electron chi connectivity index (χ4n) is 4.07. The van der Waals surface area contributed by atoms with E-state index in [9.17, 15) is 4.79 Å². The fourth-order valence-corrected chi connectivity index (χ4v) is 4.07. The van der Waals surface area contributed by atoms with Crippen LogP contribution in [0, 0.1) is 0 Å². The summed E-state index contributed by atoms with van der Waals surface area (Å²) in [7, 11) is 3.64. The van der Waals surface area contributed by atoms with Gasteiger partial charge in [0.05, 0.1) is 7.11 Å². The summed E-state index contributed by atoms with van der Waals surface area (Å²) in [5, 5.41) is 6.11. The Balaban J connectivity index is 1.55. The zero-order chi connectivity index (χ0) is 20.6. The molecular weight excluding hydrogens is 370 g/mol. The highest BCUT2D eigenvalue weighted by Crippen LogP contribution is 2.48. The molecule has 2 N–H and O–H groups in total. The van der Waals surface area contributed by atoms with Gasteiger partial charge in [-0.05, 0) is 31.5 Å². The third-order valence-corrected chi connectivity index (χ3v) is 5.73. The second-order valence-corrected chi connectivity index (χ2v) is 7.87. The third-order valence-electron chi connectivity index (χ3n) is 5.73. The Hall–Kier alpha value is -2.15. The van der Waals surface area contributed by atoms with Gasteiger partial charge in [0.25, 0.3) is 0 Å². The zero-order valence-electron chi connectivity index (χ0n) is 18.0. The number of methoxy groups -OCH3 is 1. The van der Waals surface area contributed by atoms with Crippen molar-refractivity contribution in [2.45, 2.75) is 64.5 Å². The SMILES string of the molecule is CCCCCCCCCNC(=O)N[C@@H]1c2c(cc3c(c2OC)OCO3)CCN1C. The van der Waals surface area contributed by atoms with Gasteiger partial charge in [0.15, 0.2) is 11.5 Å². The molecule has 29 heavy (non-hydrogen) atoms. The van der Waals surface area contributed by atoms with Crippen LogP contribution in [-0.2, 0) is 6.42 Å². The minimum atomic E-state index is -0.266. The van der Waals surface area contributed by atoms with Crippen LogP contribution in [0.25, 0.3) is 0 Å². The molecule has 162 valence electrons. The van der Waals surface area contributed by atoms with Crippen LogP contribution >= 0.6 is 0 Å². The predicted molar refractivity (Wildman–Crippen MR) is 113 cm³/mol. The maximum atomic E-state index is 12.5. The largest absolute Gasteiger partial charge is 0.492 e. The number of fused-ring (bicyclic) bond motifs is 2. The normalized spacial score (nSPS) is 17.7. The van der Waals surface area contributed by atoms with E-state index in [4.69, 9.17) is 14.2 Å². The van der Waals surface area contributed by atoms with Crippen molar-refractivity contribution >= 4 is 6.03 Å². The Bertz CT molecular complexity index is 695. The van der Waals surface area contributed by atoms with E-state index in [1.807, 2.05) is 13.1 Å². The van der Waals surface area contributed by atoms with Crippen molar-refractivity contribution in [2.24, 2.45) is 0 Å². The molecule has 0 saturated heterocycles. The maximum Gasteiger partial charge on any atom is 0.316 e. The van der Waals surface area contributed by atoms with Crippen molar-refractivity contribution in [1.82, 2.24) is 15.5 Å². The van der Waals surface area contributed by atoms with Crippen molar-refractivity contribution in [3.63, 3.8) is 0 Å². The van der Waals surface area contributed by atoms with Gasteiger partial charge in [-0.2, -0.15) is 0 Å². The van der Waals surface area contributed by atoms with Gasteiger partial charge in [-0.3, -0.25) is 4.90 Å². The third kappa shape index (κ3) is 5.26. The first-order valence-electron chi connectivity index (χ1n) is 10.9. The molecule has 2 aliphatic rings. The number of benzene rings is 1. The van der Waals surface area contributed by atoms with Crippen LogP contribution in [0.15, 0.2) is 6.07 Å². The van der Waals surface area contributed by atoms with Crippen molar-refractivity contribution < 1.29 is 19.0 Å². The summed E-state index contributed by atoms with van der Waals surface area (Å²) in [5.74, 6) is 1.99. The van der Waals surface area contributed by atoms with E-state index in [-0.39, 0.29) is 19.0 Å². The van der Waals surface area contributed by atoms with E-state index >= 15 is 0 Å². The molecule has 0 aliphatic carbocycles. The van der Waals surface area contributed by atoms with Crippen molar-refractivity contribution in [3.05, 3.63) is 17.2 Å². The number of nitrogens with one attached hydrogen (secondary N) is 2. The first kappa shape index (κ1) is 21.6. The number of nitrogens with zero attached hydrogens (tertiary/aromatic N) is 1. The number of amides is 2. The smallest absolute Gasteiger partial charge is 0.316 e. The lowest BCUT2D eigenvalue weighted by molar-refractivity contribution is 0.169. The number of rotatable bonds is 10. The zero-order valence-corrected chi connectivity index (χ0v) is 18.0. The van der Waals surface area contributed by atoms with Gasteiger partial charge < -0.3 is 24.8 Å². The summed E-state index contributed by atoms with van der Waals surface area (Å²) < 4.78 is 16.8. The topological polar surface area (TPSA) is 72.1 Å². The predicted octanol–water partition coefficient (Wildman–Crippen LogP) is 3.96. The van der Waals surface area contributed by atoms with Crippen LogP contribution in [-0.4, -0.2) is 45.0 Å². The molecule has 2 heterocycles. The number of ether oxygens (including phenoxy) is 3. The van der Waals surface area contributed by atoms with Gasteiger partial charge in [-0.25, -0.2) is 4.79 Å². The van der Waals surface area contributed by atoms with E-state index in [1.165, 1.54) is 32.1 Å². The van der Waals surface area contributed by atoms with Gasteiger partial charge in [0.1, 0.15) is 6.17 Å². The molecule has 0 saturated carbocycles. The summed E-state index contributed by atoms with van der Waals surface area (Å²) in [6, 6.07) is 1.86. The second-order valence-electron chi connectivity index (χ2n) is 7.87. The minimum absolute atomic E-state index is 0.152. The molecule has 2 aliphatic heterocycles. The molecule has 0 fully saturated rings. The Morgan fingerprint density at radius 2 is 1.97 bits per heavy atom. The lowest BCUT2D eigenvalue weighted by Gasteiger charge is -2.36. The molecule has 7 heteroatoms. The maximum absolute atomic E-state index is 12.5. The van der Waals surface area contributed by atoms with E-state index in [2.05, 4.69) is 22.5 Å². The second kappa shape index (κ2) is 10.6. The molecule has 0 unspecified atom stereocenters. The molecule has 0 bridgehead atoms. The summed E-state index contributed by atoms with van der Waals surface area (Å²) in [6.07, 6.45) is 9.22. The number of urea groups is 1. The van der Waals surface area contributed by atoms with Crippen LogP contribution in [0.5, 0.6) is 17.2 Å². The molecule has 0 spiro atoms. The summed E-state index contributed by atoms with van der Waals surface area (Å²) in [5.41, 5.74) is 2.08. The van der Waals surface area contributed by atoms with Gasteiger partial charge in [-0.1, -0.05) is 45.4 Å². The molecule has 0 radical (unpaired) electrons. The Morgan fingerprint density at radius 1 is 1.21 bits per heavy atom. The average molecular weight is 406 g/mol. The number of hydrogen-bond donors (Lipinski definition) is 2. The van der Waals surface area contributed by atoms with E-state index in [0.717, 1.165) is 36.9 Å². The summed E-state index contributed by atoms with van der Waals surface area (Å²) in [6.45, 7) is 3.97. The first-order valence-corrected chi connectivity index (χ1v) is 10.9. The average Bonchev–Trinajstić information content (AvgIpc) is 3.18.